The molecule has 0 bridgehead atoms. The average molecular weight is 343 g/mol. The van der Waals surface area contributed by atoms with Crippen LogP contribution in [-0.2, 0) is 0 Å². The molecule has 0 fully saturated rings. The van der Waals surface area contributed by atoms with Gasteiger partial charge >= 0.3 is 0 Å². The number of aliphatic hydroxyl groups excluding tert-OH is 1. The van der Waals surface area contributed by atoms with Crippen LogP contribution < -0.4 is 10.1 Å². The van der Waals surface area contributed by atoms with Crippen LogP contribution in [0.15, 0.2) is 36.0 Å². The Bertz CT molecular complexity index is 787. The highest BCUT2D eigenvalue weighted by molar-refractivity contribution is 7.17. The van der Waals surface area contributed by atoms with E-state index in [1.165, 1.54) is 0 Å². The van der Waals surface area contributed by atoms with Crippen LogP contribution in [0.25, 0.3) is 21.3 Å². The molecule has 0 saturated heterocycles. The number of anilines is 1. The zero-order valence-electron chi connectivity index (χ0n) is 13.7. The van der Waals surface area contributed by atoms with Gasteiger partial charge in [-0.3, -0.25) is 0 Å². The van der Waals surface area contributed by atoms with E-state index in [0.29, 0.717) is 0 Å². The highest BCUT2D eigenvalue weighted by Crippen LogP contribution is 2.36. The fourth-order valence-electron chi connectivity index (χ4n) is 2.61. The third-order valence-corrected chi connectivity index (χ3v) is 4.78. The maximum absolute atomic E-state index is 8.85. The molecule has 3 aromatic rings. The highest BCUT2D eigenvalue weighted by atomic mass is 32.1. The quantitative estimate of drug-likeness (QED) is 0.606. The predicted octanol–water partition coefficient (Wildman–Crippen LogP) is 3.94. The van der Waals surface area contributed by atoms with Gasteiger partial charge < -0.3 is 15.2 Å². The van der Waals surface area contributed by atoms with E-state index in [9.17, 15) is 0 Å². The number of rotatable bonds is 8. The molecule has 3 rings (SSSR count). The second-order valence-corrected chi connectivity index (χ2v) is 6.35. The number of unbranched alkanes of at least 4 members (excludes halogenated alkanes) is 2. The zero-order valence-corrected chi connectivity index (χ0v) is 14.5. The molecule has 0 aliphatic heterocycles. The van der Waals surface area contributed by atoms with Crippen molar-refractivity contribution in [3.05, 3.63) is 36.0 Å². The Hall–Kier alpha value is -2.18. The first kappa shape index (κ1) is 16.7. The van der Waals surface area contributed by atoms with Crippen LogP contribution in [0, 0.1) is 0 Å². The molecule has 2 N–H and O–H groups in total. The van der Waals surface area contributed by atoms with Crippen molar-refractivity contribution in [2.24, 2.45) is 0 Å². The van der Waals surface area contributed by atoms with E-state index in [1.54, 1.807) is 24.8 Å². The number of aromatic nitrogens is 2. The maximum Gasteiger partial charge on any atom is 0.138 e. The molecule has 6 heteroatoms. The van der Waals surface area contributed by atoms with Crippen molar-refractivity contribution in [1.82, 2.24) is 9.97 Å². The molecule has 0 aliphatic rings. The molecule has 2 heterocycles. The molecule has 0 spiro atoms. The number of hydrogen-bond acceptors (Lipinski definition) is 6. The number of aliphatic hydroxyl groups is 1. The zero-order chi connectivity index (χ0) is 16.8. The number of hydrogen-bond donors (Lipinski definition) is 2. The topological polar surface area (TPSA) is 67.3 Å². The minimum atomic E-state index is 0.254. The Labute approximate surface area is 145 Å². The first-order chi connectivity index (χ1) is 11.8. The Morgan fingerprint density at radius 1 is 1.12 bits per heavy atom. The summed E-state index contributed by atoms with van der Waals surface area (Å²) in [6.45, 7) is 1.09. The summed E-state index contributed by atoms with van der Waals surface area (Å²) < 4.78 is 5.23. The number of fused-ring (bicyclic) bond motifs is 1. The van der Waals surface area contributed by atoms with E-state index in [4.69, 9.17) is 9.84 Å². The molecule has 126 valence electrons. The third kappa shape index (κ3) is 3.66. The number of benzene rings is 1. The standard InChI is InChI=1S/C18H21N3O2S/c1-23-14-7-5-13(6-8-14)15-11-24-18-16(15)17(20-12-21-18)19-9-3-2-4-10-22/h5-8,11-12,22H,2-4,9-10H2,1H3,(H,19,20,21). The largest absolute Gasteiger partial charge is 0.497 e. The van der Waals surface area contributed by atoms with E-state index in [2.05, 4.69) is 32.8 Å². The van der Waals surface area contributed by atoms with Gasteiger partial charge in [-0.05, 0) is 37.0 Å². The lowest BCUT2D eigenvalue weighted by Crippen LogP contribution is -2.04. The Morgan fingerprint density at radius 3 is 2.71 bits per heavy atom. The Balaban J connectivity index is 1.86. The van der Waals surface area contributed by atoms with Crippen molar-refractivity contribution in [2.75, 3.05) is 25.6 Å². The lowest BCUT2D eigenvalue weighted by atomic mass is 10.1. The summed E-state index contributed by atoms with van der Waals surface area (Å²) in [6, 6.07) is 8.03. The van der Waals surface area contributed by atoms with Gasteiger partial charge in [-0.1, -0.05) is 12.1 Å². The summed E-state index contributed by atoms with van der Waals surface area (Å²) in [5, 5.41) is 15.4. The molecule has 0 radical (unpaired) electrons. The second-order valence-electron chi connectivity index (χ2n) is 5.49. The van der Waals surface area contributed by atoms with Gasteiger partial charge in [0.15, 0.2) is 0 Å². The van der Waals surface area contributed by atoms with E-state index in [0.717, 1.165) is 58.7 Å². The molecule has 2 aromatic heterocycles. The Kier molecular flexibility index (Phi) is 5.61. The number of thiophene rings is 1. The first-order valence-corrected chi connectivity index (χ1v) is 8.93. The van der Waals surface area contributed by atoms with Crippen LogP contribution in [0.2, 0.25) is 0 Å². The normalized spacial score (nSPS) is 10.9. The van der Waals surface area contributed by atoms with Crippen LogP contribution in [0.1, 0.15) is 19.3 Å². The van der Waals surface area contributed by atoms with E-state index < -0.39 is 0 Å². The molecule has 0 saturated carbocycles. The number of methoxy groups -OCH3 is 1. The minimum Gasteiger partial charge on any atom is -0.497 e. The van der Waals surface area contributed by atoms with Gasteiger partial charge in [0.2, 0.25) is 0 Å². The monoisotopic (exact) mass is 343 g/mol. The minimum absolute atomic E-state index is 0.254. The fraction of sp³-hybridized carbons (Fsp3) is 0.333. The molecule has 5 nitrogen and oxygen atoms in total. The van der Waals surface area contributed by atoms with Crippen molar-refractivity contribution < 1.29 is 9.84 Å². The van der Waals surface area contributed by atoms with Crippen molar-refractivity contribution in [3.8, 4) is 16.9 Å². The van der Waals surface area contributed by atoms with Crippen molar-refractivity contribution in [3.63, 3.8) is 0 Å². The summed E-state index contributed by atoms with van der Waals surface area (Å²) in [5.41, 5.74) is 2.26. The third-order valence-electron chi connectivity index (χ3n) is 3.90. The van der Waals surface area contributed by atoms with Gasteiger partial charge in [-0.2, -0.15) is 0 Å². The van der Waals surface area contributed by atoms with Crippen LogP contribution >= 0.6 is 11.3 Å². The van der Waals surface area contributed by atoms with Gasteiger partial charge in [-0.25, -0.2) is 9.97 Å². The van der Waals surface area contributed by atoms with Crippen LogP contribution in [0.3, 0.4) is 0 Å². The predicted molar refractivity (Wildman–Crippen MR) is 98.8 cm³/mol. The summed E-state index contributed by atoms with van der Waals surface area (Å²) in [6.07, 6.45) is 4.46. The van der Waals surface area contributed by atoms with Gasteiger partial charge in [0.1, 0.15) is 22.7 Å². The summed E-state index contributed by atoms with van der Waals surface area (Å²) in [7, 11) is 1.67. The average Bonchev–Trinajstić information content (AvgIpc) is 3.06. The molecule has 0 unspecified atom stereocenters. The number of nitrogens with one attached hydrogen (secondary N) is 1. The fourth-order valence-corrected chi connectivity index (χ4v) is 3.53. The highest BCUT2D eigenvalue weighted by Gasteiger charge is 2.12. The van der Waals surface area contributed by atoms with E-state index in [1.807, 2.05) is 12.1 Å². The lowest BCUT2D eigenvalue weighted by Gasteiger charge is -2.08. The molecule has 1 aromatic carbocycles. The van der Waals surface area contributed by atoms with Gasteiger partial charge in [0.05, 0.1) is 12.5 Å². The van der Waals surface area contributed by atoms with E-state index >= 15 is 0 Å². The molecule has 0 amide bonds. The molecular weight excluding hydrogens is 322 g/mol. The van der Waals surface area contributed by atoms with Crippen molar-refractivity contribution in [1.29, 1.82) is 0 Å². The van der Waals surface area contributed by atoms with Crippen molar-refractivity contribution in [2.45, 2.75) is 19.3 Å². The van der Waals surface area contributed by atoms with Crippen LogP contribution in [0.4, 0.5) is 5.82 Å². The maximum atomic E-state index is 8.85. The van der Waals surface area contributed by atoms with Gasteiger partial charge in [0, 0.05) is 24.1 Å². The van der Waals surface area contributed by atoms with Crippen molar-refractivity contribution >= 4 is 27.4 Å². The summed E-state index contributed by atoms with van der Waals surface area (Å²) >= 11 is 1.62. The lowest BCUT2D eigenvalue weighted by molar-refractivity contribution is 0.283. The SMILES string of the molecule is COc1ccc(-c2csc3ncnc(NCCCCCO)c23)cc1. The summed E-state index contributed by atoms with van der Waals surface area (Å²) in [5.74, 6) is 1.72. The molecular formula is C18H21N3O2S. The molecule has 0 atom stereocenters. The molecule has 24 heavy (non-hydrogen) atoms. The van der Waals surface area contributed by atoms with Gasteiger partial charge in [-0.15, -0.1) is 11.3 Å². The number of ether oxygens (including phenoxy) is 1. The summed E-state index contributed by atoms with van der Waals surface area (Å²) in [4.78, 5) is 9.80. The van der Waals surface area contributed by atoms with Crippen LogP contribution in [0.5, 0.6) is 5.75 Å². The Morgan fingerprint density at radius 2 is 1.96 bits per heavy atom. The first-order valence-electron chi connectivity index (χ1n) is 8.05. The second kappa shape index (κ2) is 8.08. The van der Waals surface area contributed by atoms with E-state index in [-0.39, 0.29) is 6.61 Å². The van der Waals surface area contributed by atoms with Crippen LogP contribution in [-0.4, -0.2) is 35.3 Å². The smallest absolute Gasteiger partial charge is 0.138 e. The molecule has 0 aliphatic carbocycles. The number of nitrogens with zero attached hydrogens (tertiary/aromatic N) is 2. The van der Waals surface area contributed by atoms with Gasteiger partial charge in [0.25, 0.3) is 0 Å².